The summed E-state index contributed by atoms with van der Waals surface area (Å²) in [6.07, 6.45) is 13.8. The van der Waals surface area contributed by atoms with E-state index in [4.69, 9.17) is 11.2 Å². The quantitative estimate of drug-likeness (QED) is 0.536. The number of nitrogens with zero attached hydrogens (tertiary/aromatic N) is 1. The lowest BCUT2D eigenvalue weighted by Crippen LogP contribution is -2.56. The van der Waals surface area contributed by atoms with Crippen molar-refractivity contribution in [2.24, 2.45) is 11.8 Å². The summed E-state index contributed by atoms with van der Waals surface area (Å²) in [4.78, 5) is 40.2. The Hall–Kier alpha value is -2.33. The van der Waals surface area contributed by atoms with E-state index in [9.17, 15) is 14.4 Å². The molecule has 3 fully saturated rings. The van der Waals surface area contributed by atoms with Gasteiger partial charge in [0.2, 0.25) is 17.7 Å². The van der Waals surface area contributed by atoms with E-state index in [0.717, 1.165) is 25.7 Å². The lowest BCUT2D eigenvalue weighted by molar-refractivity contribution is -0.141. The van der Waals surface area contributed by atoms with Crippen molar-refractivity contribution < 1.29 is 19.1 Å². The smallest absolute Gasteiger partial charge is 0.246 e. The first kappa shape index (κ1) is 18.1. The summed E-state index contributed by atoms with van der Waals surface area (Å²) in [7, 11) is 1.54. The molecule has 5 atom stereocenters. The van der Waals surface area contributed by atoms with Crippen molar-refractivity contribution >= 4 is 17.7 Å². The number of carbonyl (C=O) groups is 3. The van der Waals surface area contributed by atoms with Gasteiger partial charge in [-0.05, 0) is 12.8 Å². The number of hydrogen-bond donors (Lipinski definition) is 2. The van der Waals surface area contributed by atoms with E-state index < -0.39 is 29.6 Å². The number of terminal acetylenes is 1. The fraction of sp³-hybridized carbons (Fsp3) is 0.650. The molecular formula is C20H25N3O4. The zero-order chi connectivity index (χ0) is 19.2. The monoisotopic (exact) mass is 371 g/mol. The SMILES string of the molecule is C#CCN1C(=O)[C@@H]2[C@H](C(=O)NC)[C@H]3C=C[C@@]2(O3)[C@H]1C(=O)NC1CCCCC1. The minimum atomic E-state index is -1.12. The molecule has 2 bridgehead atoms. The lowest BCUT2D eigenvalue weighted by Gasteiger charge is -2.33. The molecule has 4 aliphatic rings. The zero-order valence-electron chi connectivity index (χ0n) is 15.4. The van der Waals surface area contributed by atoms with Crippen LogP contribution in [0.2, 0.25) is 0 Å². The number of hydrogen-bond acceptors (Lipinski definition) is 4. The fourth-order valence-electron chi connectivity index (χ4n) is 5.23. The van der Waals surface area contributed by atoms with E-state index in [1.54, 1.807) is 12.2 Å². The third-order valence-corrected chi connectivity index (χ3v) is 6.38. The average Bonchev–Trinajstić information content (AvgIpc) is 3.30. The van der Waals surface area contributed by atoms with Crippen LogP contribution in [0, 0.1) is 24.2 Å². The standard InChI is InChI=1S/C20H25N3O4/c1-3-11-23-16(18(25)22-12-7-5-4-6-8-12)20-10-9-13(27-20)14(17(24)21-2)15(20)19(23)26/h1,9-10,12-16H,4-8,11H2,2H3,(H,21,24)(H,22,25)/t13-,14-,15+,16-,20+/m1/s1. The Morgan fingerprint density at radius 1 is 1.33 bits per heavy atom. The summed E-state index contributed by atoms with van der Waals surface area (Å²) in [6.45, 7) is 0.0160. The van der Waals surface area contributed by atoms with Crippen LogP contribution in [0.3, 0.4) is 0 Å². The average molecular weight is 371 g/mol. The van der Waals surface area contributed by atoms with Crippen LogP contribution in [0.1, 0.15) is 32.1 Å². The molecule has 3 amide bonds. The van der Waals surface area contributed by atoms with E-state index in [1.165, 1.54) is 18.4 Å². The Morgan fingerprint density at radius 3 is 2.74 bits per heavy atom. The normalized spacial score (nSPS) is 37.2. The summed E-state index contributed by atoms with van der Waals surface area (Å²) in [6, 6.07) is -0.731. The number of nitrogens with one attached hydrogen (secondary N) is 2. The van der Waals surface area contributed by atoms with E-state index in [2.05, 4.69) is 16.6 Å². The molecule has 7 nitrogen and oxygen atoms in total. The second kappa shape index (κ2) is 6.68. The predicted octanol–water partition coefficient (Wildman–Crippen LogP) is -0.0349. The molecule has 0 aromatic rings. The summed E-state index contributed by atoms with van der Waals surface area (Å²) < 4.78 is 6.13. The van der Waals surface area contributed by atoms with Crippen LogP contribution in [0.15, 0.2) is 12.2 Å². The van der Waals surface area contributed by atoms with Gasteiger partial charge in [0.1, 0.15) is 11.6 Å². The van der Waals surface area contributed by atoms with Crippen molar-refractivity contribution in [1.82, 2.24) is 15.5 Å². The largest absolute Gasteiger partial charge is 0.359 e. The van der Waals surface area contributed by atoms with Crippen molar-refractivity contribution in [3.05, 3.63) is 12.2 Å². The minimum absolute atomic E-state index is 0.0160. The molecule has 1 spiro atoms. The van der Waals surface area contributed by atoms with Crippen LogP contribution in [-0.2, 0) is 19.1 Å². The molecule has 1 aliphatic carbocycles. The number of likely N-dealkylation sites (tertiary alicyclic amines) is 1. The maximum atomic E-state index is 13.2. The van der Waals surface area contributed by atoms with Crippen LogP contribution in [0.4, 0.5) is 0 Å². The summed E-state index contributed by atoms with van der Waals surface area (Å²) in [5, 5.41) is 5.72. The van der Waals surface area contributed by atoms with Crippen LogP contribution < -0.4 is 10.6 Å². The highest BCUT2D eigenvalue weighted by atomic mass is 16.5. The number of carbonyl (C=O) groups excluding carboxylic acids is 3. The first-order valence-electron chi connectivity index (χ1n) is 9.66. The van der Waals surface area contributed by atoms with Gasteiger partial charge in [-0.25, -0.2) is 0 Å². The third-order valence-electron chi connectivity index (χ3n) is 6.38. The van der Waals surface area contributed by atoms with Gasteiger partial charge < -0.3 is 20.3 Å². The van der Waals surface area contributed by atoms with Crippen molar-refractivity contribution in [3.8, 4) is 12.3 Å². The highest BCUT2D eigenvalue weighted by molar-refractivity contribution is 6.00. The second-order valence-electron chi connectivity index (χ2n) is 7.83. The highest BCUT2D eigenvalue weighted by Crippen LogP contribution is 2.54. The molecule has 0 unspecified atom stereocenters. The topological polar surface area (TPSA) is 87.7 Å². The molecule has 3 heterocycles. The Kier molecular flexibility index (Phi) is 4.47. The number of fused-ring (bicyclic) bond motifs is 1. The summed E-state index contributed by atoms with van der Waals surface area (Å²) in [5.41, 5.74) is -1.12. The van der Waals surface area contributed by atoms with Crippen molar-refractivity contribution in [3.63, 3.8) is 0 Å². The van der Waals surface area contributed by atoms with Gasteiger partial charge in [-0.2, -0.15) is 0 Å². The Labute approximate surface area is 158 Å². The predicted molar refractivity (Wildman–Crippen MR) is 97.1 cm³/mol. The molecule has 3 aliphatic heterocycles. The minimum Gasteiger partial charge on any atom is -0.359 e. The third kappa shape index (κ3) is 2.58. The molecule has 0 radical (unpaired) electrons. The van der Waals surface area contributed by atoms with Crippen LogP contribution in [0.25, 0.3) is 0 Å². The van der Waals surface area contributed by atoms with Gasteiger partial charge in [0, 0.05) is 13.1 Å². The first-order valence-corrected chi connectivity index (χ1v) is 9.66. The lowest BCUT2D eigenvalue weighted by atomic mass is 9.74. The van der Waals surface area contributed by atoms with Crippen molar-refractivity contribution in [2.75, 3.05) is 13.6 Å². The van der Waals surface area contributed by atoms with Gasteiger partial charge in [0.15, 0.2) is 0 Å². The van der Waals surface area contributed by atoms with Crippen LogP contribution in [0.5, 0.6) is 0 Å². The van der Waals surface area contributed by atoms with Gasteiger partial charge in [-0.3, -0.25) is 14.4 Å². The maximum absolute atomic E-state index is 13.2. The molecule has 0 aromatic carbocycles. The van der Waals surface area contributed by atoms with E-state index in [-0.39, 0.29) is 30.3 Å². The van der Waals surface area contributed by atoms with Gasteiger partial charge in [0.05, 0.1) is 24.5 Å². The van der Waals surface area contributed by atoms with Gasteiger partial charge in [-0.15, -0.1) is 6.42 Å². The molecular weight excluding hydrogens is 346 g/mol. The molecule has 4 rings (SSSR count). The number of amides is 3. The molecule has 0 aromatic heterocycles. The molecule has 1 saturated carbocycles. The Morgan fingerprint density at radius 2 is 2.07 bits per heavy atom. The van der Waals surface area contributed by atoms with Gasteiger partial charge in [0.25, 0.3) is 0 Å². The molecule has 144 valence electrons. The van der Waals surface area contributed by atoms with Crippen LogP contribution in [-0.4, -0.2) is 60.0 Å². The first-order chi connectivity index (χ1) is 13.0. The summed E-state index contributed by atoms with van der Waals surface area (Å²) in [5.74, 6) is 0.346. The zero-order valence-corrected chi connectivity index (χ0v) is 15.4. The molecule has 27 heavy (non-hydrogen) atoms. The second-order valence-corrected chi connectivity index (χ2v) is 7.83. The van der Waals surface area contributed by atoms with Gasteiger partial charge in [-0.1, -0.05) is 37.3 Å². The molecule has 2 saturated heterocycles. The maximum Gasteiger partial charge on any atom is 0.246 e. The molecule has 2 N–H and O–H groups in total. The van der Waals surface area contributed by atoms with E-state index in [1.807, 2.05) is 0 Å². The number of rotatable bonds is 4. The summed E-state index contributed by atoms with van der Waals surface area (Å²) >= 11 is 0. The van der Waals surface area contributed by atoms with E-state index in [0.29, 0.717) is 0 Å². The highest BCUT2D eigenvalue weighted by Gasteiger charge is 2.72. The fourth-order valence-corrected chi connectivity index (χ4v) is 5.23. The Bertz CT molecular complexity index is 736. The number of ether oxygens (including phenoxy) is 1. The van der Waals surface area contributed by atoms with Crippen molar-refractivity contribution in [1.29, 1.82) is 0 Å². The van der Waals surface area contributed by atoms with E-state index >= 15 is 0 Å². The Balaban J connectivity index is 1.66. The van der Waals surface area contributed by atoms with Crippen molar-refractivity contribution in [2.45, 2.75) is 55.9 Å². The molecule has 7 heteroatoms. The van der Waals surface area contributed by atoms with Gasteiger partial charge >= 0.3 is 0 Å². The van der Waals surface area contributed by atoms with Crippen LogP contribution >= 0.6 is 0 Å².